The number of nitrogens with zero attached hydrogens (tertiary/aromatic N) is 2. The van der Waals surface area contributed by atoms with Crippen LogP contribution >= 0.6 is 0 Å². The zero-order valence-electron chi connectivity index (χ0n) is 13.2. The summed E-state index contributed by atoms with van der Waals surface area (Å²) in [4.78, 5) is 14.1. The molecule has 0 bridgehead atoms. The molecule has 0 fully saturated rings. The number of hydrogen-bond acceptors (Lipinski definition) is 3. The predicted octanol–water partition coefficient (Wildman–Crippen LogP) is 3.30. The summed E-state index contributed by atoms with van der Waals surface area (Å²) in [6.45, 7) is 5.51. The summed E-state index contributed by atoms with van der Waals surface area (Å²) in [5.74, 6) is -0.311. The lowest BCUT2D eigenvalue weighted by Gasteiger charge is -2.18. The zero-order valence-corrected chi connectivity index (χ0v) is 13.2. The van der Waals surface area contributed by atoms with Gasteiger partial charge in [-0.15, -0.1) is 0 Å². The Hall–Kier alpha value is -2.33. The highest BCUT2D eigenvalue weighted by Crippen LogP contribution is 2.15. The van der Waals surface area contributed by atoms with E-state index in [0.29, 0.717) is 12.3 Å². The average Bonchev–Trinajstić information content (AvgIpc) is 2.78. The van der Waals surface area contributed by atoms with E-state index >= 15 is 0 Å². The molecule has 4 nitrogen and oxygen atoms in total. The Morgan fingerprint density at radius 2 is 1.91 bits per heavy atom. The van der Waals surface area contributed by atoms with E-state index in [2.05, 4.69) is 36.9 Å². The van der Waals surface area contributed by atoms with Crippen molar-refractivity contribution >= 4 is 11.1 Å². The van der Waals surface area contributed by atoms with Gasteiger partial charge in [0.05, 0.1) is 12.2 Å². The molecule has 114 valence electrons. The number of fused-ring (bicyclic) bond motifs is 1. The second-order valence-corrected chi connectivity index (χ2v) is 5.85. The molecule has 0 aliphatic rings. The summed E-state index contributed by atoms with van der Waals surface area (Å²) in [5, 5.41) is 0. The molecule has 1 aromatic heterocycles. The molecule has 1 heterocycles. The number of para-hydroxylation sites is 2. The highest BCUT2D eigenvalue weighted by atomic mass is 16.4. The normalized spacial score (nSPS) is 11.5. The molecule has 4 heteroatoms. The van der Waals surface area contributed by atoms with Crippen LogP contribution in [0.1, 0.15) is 16.7 Å². The minimum absolute atomic E-state index is 0.311. The van der Waals surface area contributed by atoms with Gasteiger partial charge >= 0.3 is 5.76 Å². The first kappa shape index (κ1) is 14.6. The maximum absolute atomic E-state index is 12.0. The summed E-state index contributed by atoms with van der Waals surface area (Å²) in [5.41, 5.74) is 5.28. The molecule has 0 saturated heterocycles. The van der Waals surface area contributed by atoms with Gasteiger partial charge in [0, 0.05) is 6.54 Å². The lowest BCUT2D eigenvalue weighted by Crippen LogP contribution is -2.27. The van der Waals surface area contributed by atoms with Crippen molar-refractivity contribution in [3.63, 3.8) is 0 Å². The van der Waals surface area contributed by atoms with E-state index in [0.717, 1.165) is 12.1 Å². The van der Waals surface area contributed by atoms with Gasteiger partial charge in [0.1, 0.15) is 0 Å². The molecule has 0 aliphatic heterocycles. The Bertz CT molecular complexity index is 861. The molecule has 3 rings (SSSR count). The third-order valence-electron chi connectivity index (χ3n) is 3.89. The van der Waals surface area contributed by atoms with Crippen LogP contribution in [-0.4, -0.2) is 16.5 Å². The van der Waals surface area contributed by atoms with Crippen molar-refractivity contribution in [3.8, 4) is 0 Å². The molecule has 2 aromatic carbocycles. The van der Waals surface area contributed by atoms with Crippen LogP contribution in [0, 0.1) is 13.8 Å². The summed E-state index contributed by atoms with van der Waals surface area (Å²) < 4.78 is 6.94. The summed E-state index contributed by atoms with van der Waals surface area (Å²) >= 11 is 0. The predicted molar refractivity (Wildman–Crippen MR) is 87.9 cm³/mol. The van der Waals surface area contributed by atoms with E-state index in [1.807, 2.05) is 31.3 Å². The lowest BCUT2D eigenvalue weighted by molar-refractivity contribution is 0.253. The highest BCUT2D eigenvalue weighted by Gasteiger charge is 2.11. The first-order chi connectivity index (χ1) is 10.5. The van der Waals surface area contributed by atoms with Gasteiger partial charge in [-0.3, -0.25) is 9.47 Å². The van der Waals surface area contributed by atoms with Crippen LogP contribution < -0.4 is 5.76 Å². The molecule has 0 spiro atoms. The van der Waals surface area contributed by atoms with Crippen LogP contribution in [0.15, 0.2) is 51.7 Å². The van der Waals surface area contributed by atoms with E-state index in [9.17, 15) is 4.79 Å². The van der Waals surface area contributed by atoms with Gasteiger partial charge in [-0.25, -0.2) is 4.79 Å². The van der Waals surface area contributed by atoms with Crippen molar-refractivity contribution in [3.05, 3.63) is 69.7 Å². The molecule has 0 saturated carbocycles. The Balaban J connectivity index is 1.82. The molecule has 0 unspecified atom stereocenters. The minimum atomic E-state index is -0.311. The van der Waals surface area contributed by atoms with Crippen molar-refractivity contribution in [2.24, 2.45) is 0 Å². The quantitative estimate of drug-likeness (QED) is 0.741. The highest BCUT2D eigenvalue weighted by molar-refractivity contribution is 5.72. The second-order valence-electron chi connectivity index (χ2n) is 5.85. The number of aryl methyl sites for hydroxylation is 2. The van der Waals surface area contributed by atoms with Crippen molar-refractivity contribution < 1.29 is 4.42 Å². The molecule has 0 aliphatic carbocycles. The maximum atomic E-state index is 12.0. The smallest absolute Gasteiger partial charge is 0.408 e. The van der Waals surface area contributed by atoms with Crippen LogP contribution in [0.5, 0.6) is 0 Å². The zero-order chi connectivity index (χ0) is 15.7. The van der Waals surface area contributed by atoms with E-state index in [1.165, 1.54) is 16.7 Å². The molecule has 0 radical (unpaired) electrons. The number of aromatic nitrogens is 1. The fourth-order valence-corrected chi connectivity index (χ4v) is 2.75. The lowest BCUT2D eigenvalue weighted by atomic mass is 10.1. The fraction of sp³-hybridized carbons (Fsp3) is 0.278. The Morgan fingerprint density at radius 3 is 2.68 bits per heavy atom. The summed E-state index contributed by atoms with van der Waals surface area (Å²) in [6, 6.07) is 14.0. The number of oxazole rings is 1. The molecule has 0 atom stereocenters. The van der Waals surface area contributed by atoms with Gasteiger partial charge in [-0.05, 0) is 44.2 Å². The van der Waals surface area contributed by atoms with Gasteiger partial charge in [0.2, 0.25) is 0 Å². The monoisotopic (exact) mass is 296 g/mol. The second kappa shape index (κ2) is 5.81. The first-order valence-corrected chi connectivity index (χ1v) is 7.37. The summed E-state index contributed by atoms with van der Waals surface area (Å²) in [6.07, 6.45) is 0. The van der Waals surface area contributed by atoms with Gasteiger partial charge in [0.15, 0.2) is 5.58 Å². The minimum Gasteiger partial charge on any atom is -0.408 e. The van der Waals surface area contributed by atoms with Gasteiger partial charge < -0.3 is 4.42 Å². The summed E-state index contributed by atoms with van der Waals surface area (Å²) in [7, 11) is 2.01. The third kappa shape index (κ3) is 2.83. The van der Waals surface area contributed by atoms with E-state index in [1.54, 1.807) is 4.57 Å². The third-order valence-corrected chi connectivity index (χ3v) is 3.89. The molecule has 0 amide bonds. The Labute approximate surface area is 129 Å². The molecule has 3 aromatic rings. The number of benzene rings is 2. The van der Waals surface area contributed by atoms with E-state index in [4.69, 9.17) is 4.42 Å². The average molecular weight is 296 g/mol. The van der Waals surface area contributed by atoms with Gasteiger partial charge in [-0.2, -0.15) is 0 Å². The van der Waals surface area contributed by atoms with Crippen LogP contribution in [0.2, 0.25) is 0 Å². The molecule has 22 heavy (non-hydrogen) atoms. The van der Waals surface area contributed by atoms with Crippen LogP contribution in [0.25, 0.3) is 11.1 Å². The van der Waals surface area contributed by atoms with Crippen molar-refractivity contribution in [1.82, 2.24) is 9.47 Å². The topological polar surface area (TPSA) is 38.4 Å². The molecule has 0 N–H and O–H groups in total. The largest absolute Gasteiger partial charge is 0.421 e. The van der Waals surface area contributed by atoms with Gasteiger partial charge in [0.25, 0.3) is 0 Å². The number of hydrogen-bond donors (Lipinski definition) is 0. The van der Waals surface area contributed by atoms with Crippen molar-refractivity contribution in [2.45, 2.75) is 27.1 Å². The fourth-order valence-electron chi connectivity index (χ4n) is 2.75. The maximum Gasteiger partial charge on any atom is 0.421 e. The molecular weight excluding hydrogens is 276 g/mol. The van der Waals surface area contributed by atoms with Crippen LogP contribution in [0.4, 0.5) is 0 Å². The van der Waals surface area contributed by atoms with Gasteiger partial charge in [-0.1, -0.05) is 35.9 Å². The Kier molecular flexibility index (Phi) is 3.86. The van der Waals surface area contributed by atoms with Crippen molar-refractivity contribution in [2.75, 3.05) is 7.05 Å². The van der Waals surface area contributed by atoms with Crippen molar-refractivity contribution in [1.29, 1.82) is 0 Å². The van der Waals surface area contributed by atoms with Crippen LogP contribution in [0.3, 0.4) is 0 Å². The van der Waals surface area contributed by atoms with E-state index in [-0.39, 0.29) is 5.76 Å². The SMILES string of the molecule is Cc1ccc(CN(C)Cn2c(=O)oc3ccccc32)c(C)c1. The standard InChI is InChI=1S/C18H20N2O2/c1-13-8-9-15(14(2)10-13)11-19(3)12-20-16-6-4-5-7-17(16)22-18(20)21/h4-10H,11-12H2,1-3H3. The van der Waals surface area contributed by atoms with Crippen LogP contribution in [-0.2, 0) is 13.2 Å². The van der Waals surface area contributed by atoms with E-state index < -0.39 is 0 Å². The number of rotatable bonds is 4. The first-order valence-electron chi connectivity index (χ1n) is 7.37. The Morgan fingerprint density at radius 1 is 1.14 bits per heavy atom. The molecular formula is C18H20N2O2.